The summed E-state index contributed by atoms with van der Waals surface area (Å²) in [5.74, 6) is -0.116. The molecule has 0 spiro atoms. The van der Waals surface area contributed by atoms with E-state index in [-0.39, 0.29) is 17.3 Å². The molecule has 0 aliphatic rings. The van der Waals surface area contributed by atoms with Crippen LogP contribution in [0.5, 0.6) is 0 Å². The van der Waals surface area contributed by atoms with Gasteiger partial charge in [-0.3, -0.25) is 14.9 Å². The summed E-state index contributed by atoms with van der Waals surface area (Å²) in [6.07, 6.45) is 0. The van der Waals surface area contributed by atoms with Gasteiger partial charge in [-0.1, -0.05) is 0 Å². The summed E-state index contributed by atoms with van der Waals surface area (Å²) >= 11 is 0. The van der Waals surface area contributed by atoms with Crippen LogP contribution < -0.4 is 16.4 Å². The lowest BCUT2D eigenvalue weighted by atomic mass is 10.2. The standard InChI is InChI=1S/C10H14N4O3/c1-7(15)12-4-5-13-8-2-3-9(11)10(6-8)14(16)17/h2-3,6,13H,4-5,11H2,1H3,(H,12,15). The Morgan fingerprint density at radius 1 is 1.47 bits per heavy atom. The molecule has 1 amide bonds. The minimum Gasteiger partial charge on any atom is -0.393 e. The van der Waals surface area contributed by atoms with Crippen LogP contribution in [-0.4, -0.2) is 23.9 Å². The van der Waals surface area contributed by atoms with Crippen molar-refractivity contribution in [1.82, 2.24) is 5.32 Å². The first-order chi connectivity index (χ1) is 8.00. The number of amides is 1. The van der Waals surface area contributed by atoms with Crippen molar-refractivity contribution < 1.29 is 9.72 Å². The van der Waals surface area contributed by atoms with Gasteiger partial charge in [-0.25, -0.2) is 0 Å². The van der Waals surface area contributed by atoms with Crippen molar-refractivity contribution in [3.63, 3.8) is 0 Å². The Bertz CT molecular complexity index is 434. The van der Waals surface area contributed by atoms with Crippen LogP contribution in [0.2, 0.25) is 0 Å². The molecule has 92 valence electrons. The molecule has 1 rings (SSSR count). The summed E-state index contributed by atoms with van der Waals surface area (Å²) in [5, 5.41) is 16.2. The van der Waals surface area contributed by atoms with E-state index in [1.54, 1.807) is 6.07 Å². The Morgan fingerprint density at radius 2 is 2.18 bits per heavy atom. The Balaban J connectivity index is 2.57. The third-order valence-electron chi connectivity index (χ3n) is 2.06. The molecule has 0 saturated carbocycles. The molecule has 0 bridgehead atoms. The number of anilines is 2. The average molecular weight is 238 g/mol. The van der Waals surface area contributed by atoms with E-state index in [2.05, 4.69) is 10.6 Å². The number of benzene rings is 1. The third kappa shape index (κ3) is 3.98. The van der Waals surface area contributed by atoms with Crippen molar-refractivity contribution in [2.45, 2.75) is 6.92 Å². The second-order valence-electron chi connectivity index (χ2n) is 3.44. The highest BCUT2D eigenvalue weighted by atomic mass is 16.6. The molecule has 0 unspecified atom stereocenters. The molecule has 0 fully saturated rings. The molecule has 0 radical (unpaired) electrons. The normalized spacial score (nSPS) is 9.71. The number of hydrogen-bond acceptors (Lipinski definition) is 5. The number of hydrogen-bond donors (Lipinski definition) is 3. The first kappa shape index (κ1) is 12.8. The van der Waals surface area contributed by atoms with E-state index >= 15 is 0 Å². The maximum absolute atomic E-state index is 10.6. The van der Waals surface area contributed by atoms with Gasteiger partial charge in [0.25, 0.3) is 5.69 Å². The zero-order valence-corrected chi connectivity index (χ0v) is 9.40. The highest BCUT2D eigenvalue weighted by molar-refractivity contribution is 5.72. The van der Waals surface area contributed by atoms with E-state index in [4.69, 9.17) is 5.73 Å². The lowest BCUT2D eigenvalue weighted by Crippen LogP contribution is -2.26. The molecule has 0 aliphatic carbocycles. The Labute approximate surface area is 98.1 Å². The monoisotopic (exact) mass is 238 g/mol. The lowest BCUT2D eigenvalue weighted by molar-refractivity contribution is -0.383. The van der Waals surface area contributed by atoms with Crippen LogP contribution in [0.1, 0.15) is 6.92 Å². The van der Waals surface area contributed by atoms with Crippen molar-refractivity contribution in [1.29, 1.82) is 0 Å². The first-order valence-electron chi connectivity index (χ1n) is 5.03. The molecular weight excluding hydrogens is 224 g/mol. The second-order valence-corrected chi connectivity index (χ2v) is 3.44. The molecular formula is C10H14N4O3. The van der Waals surface area contributed by atoms with Gasteiger partial charge in [-0.05, 0) is 12.1 Å². The van der Waals surface area contributed by atoms with Crippen LogP contribution in [0.25, 0.3) is 0 Å². The third-order valence-corrected chi connectivity index (χ3v) is 2.06. The quantitative estimate of drug-likeness (QED) is 0.303. The second kappa shape index (κ2) is 5.69. The maximum atomic E-state index is 10.6. The van der Waals surface area contributed by atoms with Gasteiger partial charge in [0, 0.05) is 31.8 Å². The average Bonchev–Trinajstić information content (AvgIpc) is 2.25. The number of nitrogens with one attached hydrogen (secondary N) is 2. The molecule has 17 heavy (non-hydrogen) atoms. The van der Waals surface area contributed by atoms with E-state index < -0.39 is 4.92 Å². The molecule has 0 aromatic heterocycles. The van der Waals surface area contributed by atoms with Gasteiger partial charge in [0.15, 0.2) is 0 Å². The molecule has 0 aliphatic heterocycles. The number of nitrogens with zero attached hydrogens (tertiary/aromatic N) is 1. The Morgan fingerprint density at radius 3 is 2.76 bits per heavy atom. The van der Waals surface area contributed by atoms with Gasteiger partial charge in [-0.2, -0.15) is 0 Å². The predicted octanol–water partition coefficient (Wildman–Crippen LogP) is 0.725. The highest BCUT2D eigenvalue weighted by Gasteiger charge is 2.11. The number of carbonyl (C=O) groups excluding carboxylic acids is 1. The number of nitrogen functional groups attached to an aromatic ring is 1. The SMILES string of the molecule is CC(=O)NCCNc1ccc(N)c([N+](=O)[O-])c1. The number of nitro benzene ring substituents is 1. The molecule has 0 saturated heterocycles. The molecule has 7 nitrogen and oxygen atoms in total. The van der Waals surface area contributed by atoms with Gasteiger partial charge in [-0.15, -0.1) is 0 Å². The van der Waals surface area contributed by atoms with Crippen LogP contribution >= 0.6 is 0 Å². The van der Waals surface area contributed by atoms with Crippen LogP contribution in [0, 0.1) is 10.1 Å². The molecule has 0 atom stereocenters. The topological polar surface area (TPSA) is 110 Å². The van der Waals surface area contributed by atoms with Crippen molar-refractivity contribution in [2.75, 3.05) is 24.1 Å². The first-order valence-corrected chi connectivity index (χ1v) is 5.03. The summed E-state index contributed by atoms with van der Waals surface area (Å²) in [4.78, 5) is 20.7. The summed E-state index contributed by atoms with van der Waals surface area (Å²) in [6, 6.07) is 4.48. The van der Waals surface area contributed by atoms with E-state index in [0.29, 0.717) is 18.8 Å². The van der Waals surface area contributed by atoms with E-state index in [1.165, 1.54) is 19.1 Å². The Kier molecular flexibility index (Phi) is 4.27. The van der Waals surface area contributed by atoms with E-state index in [9.17, 15) is 14.9 Å². The van der Waals surface area contributed by atoms with Crippen molar-refractivity contribution in [2.24, 2.45) is 0 Å². The van der Waals surface area contributed by atoms with Gasteiger partial charge in [0.2, 0.25) is 5.91 Å². The summed E-state index contributed by atoms with van der Waals surface area (Å²) in [6.45, 7) is 2.36. The van der Waals surface area contributed by atoms with E-state index in [0.717, 1.165) is 0 Å². The van der Waals surface area contributed by atoms with Crippen molar-refractivity contribution in [3.05, 3.63) is 28.3 Å². The largest absolute Gasteiger partial charge is 0.393 e. The molecule has 1 aromatic carbocycles. The summed E-state index contributed by atoms with van der Waals surface area (Å²) in [5.41, 5.74) is 6.05. The summed E-state index contributed by atoms with van der Waals surface area (Å²) < 4.78 is 0. The zero-order chi connectivity index (χ0) is 12.8. The minimum absolute atomic E-state index is 0.116. The van der Waals surface area contributed by atoms with Crippen LogP contribution in [0.4, 0.5) is 17.1 Å². The molecule has 7 heteroatoms. The number of rotatable bonds is 5. The highest BCUT2D eigenvalue weighted by Crippen LogP contribution is 2.24. The van der Waals surface area contributed by atoms with Gasteiger partial charge in [0.05, 0.1) is 4.92 Å². The fraction of sp³-hybridized carbons (Fsp3) is 0.300. The fourth-order valence-electron chi connectivity index (χ4n) is 1.26. The number of nitrogens with two attached hydrogens (primary N) is 1. The van der Waals surface area contributed by atoms with Crippen LogP contribution in [0.3, 0.4) is 0 Å². The van der Waals surface area contributed by atoms with Gasteiger partial charge < -0.3 is 16.4 Å². The van der Waals surface area contributed by atoms with Crippen LogP contribution in [-0.2, 0) is 4.79 Å². The zero-order valence-electron chi connectivity index (χ0n) is 9.40. The van der Waals surface area contributed by atoms with Crippen molar-refractivity contribution >= 4 is 23.0 Å². The molecule has 0 heterocycles. The molecule has 4 N–H and O–H groups in total. The minimum atomic E-state index is -0.533. The number of nitro groups is 1. The van der Waals surface area contributed by atoms with Crippen molar-refractivity contribution in [3.8, 4) is 0 Å². The predicted molar refractivity (Wildman–Crippen MR) is 64.7 cm³/mol. The smallest absolute Gasteiger partial charge is 0.294 e. The maximum Gasteiger partial charge on any atom is 0.294 e. The van der Waals surface area contributed by atoms with E-state index in [1.807, 2.05) is 0 Å². The molecule has 1 aromatic rings. The Hall–Kier alpha value is -2.31. The van der Waals surface area contributed by atoms with Gasteiger partial charge in [0.1, 0.15) is 5.69 Å². The lowest BCUT2D eigenvalue weighted by Gasteiger charge is -2.07. The van der Waals surface area contributed by atoms with Crippen LogP contribution in [0.15, 0.2) is 18.2 Å². The fourth-order valence-corrected chi connectivity index (χ4v) is 1.26. The number of carbonyl (C=O) groups is 1. The summed E-state index contributed by atoms with van der Waals surface area (Å²) in [7, 11) is 0. The van der Waals surface area contributed by atoms with Gasteiger partial charge >= 0.3 is 0 Å².